The number of hydrogen-bond donors (Lipinski definition) is 0. The van der Waals surface area contributed by atoms with Crippen molar-refractivity contribution in [2.75, 3.05) is 0 Å². The van der Waals surface area contributed by atoms with E-state index >= 15 is 0 Å². The molecule has 0 bridgehead atoms. The monoisotopic (exact) mass is 162 g/mol. The zero-order chi connectivity index (χ0) is 8.55. The Morgan fingerprint density at radius 2 is 2.08 bits per heavy atom. The van der Waals surface area contributed by atoms with Gasteiger partial charge in [-0.15, -0.1) is 0 Å². The first-order chi connectivity index (χ1) is 5.79. The standard InChI is InChI=1S/C11H14O/c1-8(2)10-5-3-4-9-6-12-7-11(9)10/h3-5,8H,6-7H2,1-2H3. The van der Waals surface area contributed by atoms with Crippen LogP contribution in [0.15, 0.2) is 18.2 Å². The molecule has 1 heterocycles. The van der Waals surface area contributed by atoms with Gasteiger partial charge in [0.15, 0.2) is 0 Å². The second kappa shape index (κ2) is 2.91. The van der Waals surface area contributed by atoms with Crippen LogP contribution in [0.2, 0.25) is 0 Å². The Morgan fingerprint density at radius 1 is 1.25 bits per heavy atom. The Kier molecular flexibility index (Phi) is 1.89. The van der Waals surface area contributed by atoms with Gasteiger partial charge in [-0.05, 0) is 22.6 Å². The molecule has 0 N–H and O–H groups in total. The highest BCUT2D eigenvalue weighted by Crippen LogP contribution is 2.27. The average molecular weight is 162 g/mol. The normalized spacial score (nSPS) is 15.2. The van der Waals surface area contributed by atoms with Crippen LogP contribution >= 0.6 is 0 Å². The van der Waals surface area contributed by atoms with Crippen LogP contribution in [0, 0.1) is 0 Å². The zero-order valence-electron chi connectivity index (χ0n) is 7.63. The van der Waals surface area contributed by atoms with Crippen molar-refractivity contribution in [2.24, 2.45) is 0 Å². The van der Waals surface area contributed by atoms with Crippen molar-refractivity contribution in [3.63, 3.8) is 0 Å². The lowest BCUT2D eigenvalue weighted by atomic mass is 9.95. The van der Waals surface area contributed by atoms with Crippen LogP contribution in [-0.4, -0.2) is 0 Å². The molecule has 0 aliphatic carbocycles. The summed E-state index contributed by atoms with van der Waals surface area (Å²) in [6.45, 7) is 6.07. The second-order valence-electron chi connectivity index (χ2n) is 3.63. The summed E-state index contributed by atoms with van der Waals surface area (Å²) in [7, 11) is 0. The van der Waals surface area contributed by atoms with Gasteiger partial charge < -0.3 is 4.74 Å². The lowest BCUT2D eigenvalue weighted by Crippen LogP contribution is -1.94. The van der Waals surface area contributed by atoms with Crippen molar-refractivity contribution in [1.29, 1.82) is 0 Å². The predicted molar refractivity (Wildman–Crippen MR) is 49.0 cm³/mol. The number of benzene rings is 1. The van der Waals surface area contributed by atoms with Crippen LogP contribution in [-0.2, 0) is 18.0 Å². The van der Waals surface area contributed by atoms with Gasteiger partial charge >= 0.3 is 0 Å². The summed E-state index contributed by atoms with van der Waals surface area (Å²) in [5.74, 6) is 0.613. The molecule has 1 aliphatic heterocycles. The molecule has 2 rings (SSSR count). The molecule has 1 aromatic carbocycles. The van der Waals surface area contributed by atoms with E-state index in [2.05, 4.69) is 32.0 Å². The summed E-state index contributed by atoms with van der Waals surface area (Å²) >= 11 is 0. The fourth-order valence-corrected chi connectivity index (χ4v) is 1.77. The third-order valence-electron chi connectivity index (χ3n) is 2.44. The quantitative estimate of drug-likeness (QED) is 0.617. The minimum Gasteiger partial charge on any atom is -0.372 e. The van der Waals surface area contributed by atoms with E-state index in [9.17, 15) is 0 Å². The van der Waals surface area contributed by atoms with Gasteiger partial charge in [-0.2, -0.15) is 0 Å². The maximum Gasteiger partial charge on any atom is 0.0727 e. The Hall–Kier alpha value is -0.820. The lowest BCUT2D eigenvalue weighted by Gasteiger charge is -2.09. The minimum atomic E-state index is 0.613. The van der Waals surface area contributed by atoms with Crippen molar-refractivity contribution >= 4 is 0 Å². The Balaban J connectivity index is 2.49. The van der Waals surface area contributed by atoms with Gasteiger partial charge in [-0.25, -0.2) is 0 Å². The van der Waals surface area contributed by atoms with E-state index in [-0.39, 0.29) is 0 Å². The van der Waals surface area contributed by atoms with E-state index in [1.54, 1.807) is 0 Å². The summed E-state index contributed by atoms with van der Waals surface area (Å²) in [5, 5.41) is 0. The molecule has 0 atom stereocenters. The Morgan fingerprint density at radius 3 is 2.83 bits per heavy atom. The molecule has 0 saturated heterocycles. The van der Waals surface area contributed by atoms with Crippen molar-refractivity contribution in [3.8, 4) is 0 Å². The maximum absolute atomic E-state index is 5.41. The first-order valence-electron chi connectivity index (χ1n) is 4.47. The van der Waals surface area contributed by atoms with E-state index < -0.39 is 0 Å². The molecule has 0 fully saturated rings. The van der Waals surface area contributed by atoms with Crippen molar-refractivity contribution < 1.29 is 4.74 Å². The maximum atomic E-state index is 5.41. The summed E-state index contributed by atoms with van der Waals surface area (Å²) < 4.78 is 5.41. The van der Waals surface area contributed by atoms with Gasteiger partial charge in [0.1, 0.15) is 0 Å². The smallest absolute Gasteiger partial charge is 0.0727 e. The minimum absolute atomic E-state index is 0.613. The molecule has 1 aromatic rings. The number of ether oxygens (including phenoxy) is 1. The summed E-state index contributed by atoms with van der Waals surface area (Å²) in [6.07, 6.45) is 0. The number of hydrogen-bond acceptors (Lipinski definition) is 1. The van der Waals surface area contributed by atoms with E-state index in [0.29, 0.717) is 5.92 Å². The van der Waals surface area contributed by atoms with Gasteiger partial charge in [0, 0.05) is 0 Å². The van der Waals surface area contributed by atoms with Gasteiger partial charge in [-0.3, -0.25) is 0 Å². The molecule has 0 radical (unpaired) electrons. The van der Waals surface area contributed by atoms with E-state index in [1.165, 1.54) is 16.7 Å². The molecule has 0 amide bonds. The fourth-order valence-electron chi connectivity index (χ4n) is 1.77. The largest absolute Gasteiger partial charge is 0.372 e. The third kappa shape index (κ3) is 1.14. The van der Waals surface area contributed by atoms with E-state index in [0.717, 1.165) is 13.2 Å². The van der Waals surface area contributed by atoms with Crippen molar-refractivity contribution in [1.82, 2.24) is 0 Å². The Bertz CT molecular complexity index is 289. The molecule has 0 spiro atoms. The molecule has 1 aliphatic rings. The SMILES string of the molecule is CC(C)c1cccc2c1COC2. The first kappa shape index (κ1) is 7.81. The molecular weight excluding hydrogens is 148 g/mol. The van der Waals surface area contributed by atoms with Gasteiger partial charge in [0.05, 0.1) is 13.2 Å². The highest BCUT2D eigenvalue weighted by molar-refractivity contribution is 5.37. The van der Waals surface area contributed by atoms with Crippen LogP contribution in [0.25, 0.3) is 0 Å². The number of rotatable bonds is 1. The van der Waals surface area contributed by atoms with Crippen molar-refractivity contribution in [2.45, 2.75) is 33.0 Å². The third-order valence-corrected chi connectivity index (χ3v) is 2.44. The van der Waals surface area contributed by atoms with Crippen LogP contribution in [0.3, 0.4) is 0 Å². The summed E-state index contributed by atoms with van der Waals surface area (Å²) in [4.78, 5) is 0. The molecule has 1 heteroatoms. The fraction of sp³-hybridized carbons (Fsp3) is 0.455. The molecular formula is C11H14O. The summed E-state index contributed by atoms with van der Waals surface area (Å²) in [5.41, 5.74) is 4.25. The average Bonchev–Trinajstić information content (AvgIpc) is 2.49. The second-order valence-corrected chi connectivity index (χ2v) is 3.63. The molecule has 0 saturated carbocycles. The number of fused-ring (bicyclic) bond motifs is 1. The first-order valence-corrected chi connectivity index (χ1v) is 4.47. The zero-order valence-corrected chi connectivity index (χ0v) is 7.63. The van der Waals surface area contributed by atoms with Gasteiger partial charge in [-0.1, -0.05) is 32.0 Å². The molecule has 0 aromatic heterocycles. The van der Waals surface area contributed by atoms with Crippen LogP contribution in [0.1, 0.15) is 36.5 Å². The predicted octanol–water partition coefficient (Wildman–Crippen LogP) is 2.84. The summed E-state index contributed by atoms with van der Waals surface area (Å²) in [6, 6.07) is 6.50. The highest BCUT2D eigenvalue weighted by Gasteiger charge is 2.15. The Labute approximate surface area is 73.4 Å². The van der Waals surface area contributed by atoms with Crippen LogP contribution in [0.5, 0.6) is 0 Å². The lowest BCUT2D eigenvalue weighted by molar-refractivity contribution is 0.134. The van der Waals surface area contributed by atoms with Crippen LogP contribution in [0.4, 0.5) is 0 Å². The van der Waals surface area contributed by atoms with Crippen LogP contribution < -0.4 is 0 Å². The van der Waals surface area contributed by atoms with Gasteiger partial charge in [0.2, 0.25) is 0 Å². The van der Waals surface area contributed by atoms with E-state index in [4.69, 9.17) is 4.74 Å². The highest BCUT2D eigenvalue weighted by atomic mass is 16.5. The van der Waals surface area contributed by atoms with Gasteiger partial charge in [0.25, 0.3) is 0 Å². The molecule has 12 heavy (non-hydrogen) atoms. The van der Waals surface area contributed by atoms with Crippen molar-refractivity contribution in [3.05, 3.63) is 34.9 Å². The topological polar surface area (TPSA) is 9.23 Å². The molecule has 0 unspecified atom stereocenters. The van der Waals surface area contributed by atoms with E-state index in [1.807, 2.05) is 0 Å². The molecule has 1 nitrogen and oxygen atoms in total. The molecule has 64 valence electrons.